The summed E-state index contributed by atoms with van der Waals surface area (Å²) < 4.78 is 5.92. The van der Waals surface area contributed by atoms with Gasteiger partial charge in [0.15, 0.2) is 0 Å². The molecule has 0 bridgehead atoms. The lowest BCUT2D eigenvalue weighted by molar-refractivity contribution is 0.0603. The van der Waals surface area contributed by atoms with E-state index in [1.54, 1.807) is 0 Å². The number of fused-ring (bicyclic) bond motifs is 1. The number of rotatable bonds is 5. The first kappa shape index (κ1) is 22.4. The fraction of sp³-hybridized carbons (Fsp3) is 0.174. The van der Waals surface area contributed by atoms with E-state index in [4.69, 9.17) is 10.5 Å². The van der Waals surface area contributed by atoms with Crippen LogP contribution in [0.4, 0.5) is 10.7 Å². The van der Waals surface area contributed by atoms with Gasteiger partial charge in [-0.1, -0.05) is 41.9 Å². The average Bonchev–Trinajstić information content (AvgIpc) is 3.34. The molecule has 6 nitrogen and oxygen atoms in total. The van der Waals surface area contributed by atoms with Gasteiger partial charge < -0.3 is 15.8 Å². The molecule has 0 atom stereocenters. The number of aromatic nitrogens is 1. The fourth-order valence-electron chi connectivity index (χ4n) is 3.26. The van der Waals surface area contributed by atoms with Crippen LogP contribution in [0.25, 0.3) is 21.3 Å². The Labute approximate surface area is 201 Å². The number of hydrogen-bond donors (Lipinski definition) is 2. The number of nitrogens with zero attached hydrogens (tertiary/aromatic N) is 1. The van der Waals surface area contributed by atoms with E-state index < -0.39 is 5.97 Å². The third-order valence-electron chi connectivity index (χ3n) is 4.98. The van der Waals surface area contributed by atoms with Gasteiger partial charge in [-0.25, -0.2) is 9.78 Å². The molecular weight excluding hydrogens is 510 g/mol. The molecular formula is C23H20BrN3O3S2. The number of carbonyl (C=O) groups is 2. The average molecular weight is 530 g/mol. The van der Waals surface area contributed by atoms with Gasteiger partial charge in [0.1, 0.15) is 20.3 Å². The van der Waals surface area contributed by atoms with Crippen LogP contribution in [0, 0.1) is 0 Å². The summed E-state index contributed by atoms with van der Waals surface area (Å²) in [5.74, 6) is -0.635. The number of benzene rings is 1. The van der Waals surface area contributed by atoms with E-state index in [1.807, 2.05) is 41.8 Å². The number of esters is 1. The number of hydrogen-bond acceptors (Lipinski definition) is 7. The lowest BCUT2D eigenvalue weighted by atomic mass is 10.0. The summed E-state index contributed by atoms with van der Waals surface area (Å²) in [5, 5.41) is 5.84. The quantitative estimate of drug-likeness (QED) is 0.286. The number of pyridine rings is 1. The SMILES string of the molecule is COC(=O)c1c(-c2ccc(Br)cc2)csc1NC(=O)c1sc2nc(C(C)C)ccc2c1N. The third kappa shape index (κ3) is 4.15. The largest absolute Gasteiger partial charge is 0.465 e. The summed E-state index contributed by atoms with van der Waals surface area (Å²) in [6, 6.07) is 11.4. The summed E-state index contributed by atoms with van der Waals surface area (Å²) in [7, 11) is 1.32. The molecule has 4 aromatic rings. The lowest BCUT2D eigenvalue weighted by Crippen LogP contribution is -2.14. The normalized spacial score (nSPS) is 11.2. The van der Waals surface area contributed by atoms with Gasteiger partial charge in [-0.3, -0.25) is 4.79 Å². The molecule has 0 unspecified atom stereocenters. The Bertz CT molecular complexity index is 1330. The highest BCUT2D eigenvalue weighted by Crippen LogP contribution is 2.38. The molecule has 164 valence electrons. The van der Waals surface area contributed by atoms with Crippen molar-refractivity contribution in [1.29, 1.82) is 0 Å². The van der Waals surface area contributed by atoms with E-state index in [9.17, 15) is 9.59 Å². The van der Waals surface area contributed by atoms with Crippen molar-refractivity contribution in [2.75, 3.05) is 18.2 Å². The number of ether oxygens (including phenoxy) is 1. The van der Waals surface area contributed by atoms with E-state index in [2.05, 4.69) is 40.1 Å². The Morgan fingerprint density at radius 3 is 2.53 bits per heavy atom. The van der Waals surface area contributed by atoms with Crippen LogP contribution in [0.15, 0.2) is 46.3 Å². The number of methoxy groups -OCH3 is 1. The van der Waals surface area contributed by atoms with Gasteiger partial charge in [0.05, 0.1) is 12.8 Å². The molecule has 0 aliphatic rings. The third-order valence-corrected chi connectivity index (χ3v) is 7.51. The van der Waals surface area contributed by atoms with Crippen LogP contribution in [0.3, 0.4) is 0 Å². The van der Waals surface area contributed by atoms with Crippen LogP contribution in [0.1, 0.15) is 45.5 Å². The first-order chi connectivity index (χ1) is 15.3. The van der Waals surface area contributed by atoms with E-state index in [1.165, 1.54) is 29.8 Å². The minimum absolute atomic E-state index is 0.269. The van der Waals surface area contributed by atoms with Crippen LogP contribution >= 0.6 is 38.6 Å². The molecule has 0 saturated carbocycles. The Hall–Kier alpha value is -2.75. The zero-order chi connectivity index (χ0) is 23.0. The zero-order valence-electron chi connectivity index (χ0n) is 17.6. The molecule has 0 aliphatic carbocycles. The molecule has 3 N–H and O–H groups in total. The number of nitrogens with two attached hydrogens (primary N) is 1. The molecule has 9 heteroatoms. The highest BCUT2D eigenvalue weighted by Gasteiger charge is 2.25. The van der Waals surface area contributed by atoms with Crippen molar-refractivity contribution in [3.05, 3.63) is 62.4 Å². The molecule has 0 radical (unpaired) electrons. The molecule has 4 rings (SSSR count). The highest BCUT2D eigenvalue weighted by molar-refractivity contribution is 9.10. The van der Waals surface area contributed by atoms with Crippen molar-refractivity contribution in [3.8, 4) is 11.1 Å². The van der Waals surface area contributed by atoms with Crippen LogP contribution < -0.4 is 11.1 Å². The van der Waals surface area contributed by atoms with Gasteiger partial charge >= 0.3 is 5.97 Å². The molecule has 0 saturated heterocycles. The summed E-state index contributed by atoms with van der Waals surface area (Å²) in [5.41, 5.74) is 9.45. The van der Waals surface area contributed by atoms with Crippen molar-refractivity contribution in [1.82, 2.24) is 4.98 Å². The van der Waals surface area contributed by atoms with Crippen LogP contribution in [0.5, 0.6) is 0 Å². The predicted molar refractivity (Wildman–Crippen MR) is 135 cm³/mol. The molecule has 32 heavy (non-hydrogen) atoms. The van der Waals surface area contributed by atoms with Crippen molar-refractivity contribution >= 4 is 71.4 Å². The van der Waals surface area contributed by atoms with E-state index >= 15 is 0 Å². The van der Waals surface area contributed by atoms with Gasteiger partial charge in [0.2, 0.25) is 0 Å². The van der Waals surface area contributed by atoms with Crippen LogP contribution in [-0.4, -0.2) is 24.0 Å². The Morgan fingerprint density at radius 1 is 1.16 bits per heavy atom. The maximum atomic E-state index is 13.1. The smallest absolute Gasteiger partial charge is 0.341 e. The molecule has 0 aliphatic heterocycles. The van der Waals surface area contributed by atoms with Gasteiger partial charge in [0.25, 0.3) is 5.91 Å². The topological polar surface area (TPSA) is 94.3 Å². The van der Waals surface area contributed by atoms with Gasteiger partial charge in [-0.15, -0.1) is 22.7 Å². The summed E-state index contributed by atoms with van der Waals surface area (Å²) >= 11 is 5.92. The van der Waals surface area contributed by atoms with E-state index in [-0.39, 0.29) is 11.8 Å². The van der Waals surface area contributed by atoms with Gasteiger partial charge in [-0.05, 0) is 35.7 Å². The molecule has 0 spiro atoms. The number of carbonyl (C=O) groups excluding carboxylic acids is 2. The maximum absolute atomic E-state index is 13.1. The molecule has 3 aromatic heterocycles. The zero-order valence-corrected chi connectivity index (χ0v) is 20.8. The summed E-state index contributed by atoms with van der Waals surface area (Å²) in [6.07, 6.45) is 0. The highest BCUT2D eigenvalue weighted by atomic mass is 79.9. The lowest BCUT2D eigenvalue weighted by Gasteiger charge is -2.08. The monoisotopic (exact) mass is 529 g/mol. The second-order valence-corrected chi connectivity index (χ2v) is 10.2. The second-order valence-electron chi connectivity index (χ2n) is 7.39. The standard InChI is InChI=1S/C23H20BrN3O3S2/c1-11(2)16-9-8-14-18(25)19(32-21(14)26-16)20(28)27-22-17(23(29)30-3)15(10-31-22)12-4-6-13(24)7-5-12/h4-11H,25H2,1-3H3,(H,27,28). The minimum atomic E-state index is -0.521. The first-order valence-corrected chi connectivity index (χ1v) is 12.2. The van der Waals surface area contributed by atoms with Crippen LogP contribution in [0.2, 0.25) is 0 Å². The predicted octanol–water partition coefficient (Wildman–Crippen LogP) is 6.53. The van der Waals surface area contributed by atoms with E-state index in [0.717, 1.165) is 21.1 Å². The first-order valence-electron chi connectivity index (χ1n) is 9.76. The van der Waals surface area contributed by atoms with Crippen molar-refractivity contribution < 1.29 is 14.3 Å². The molecule has 0 fully saturated rings. The fourth-order valence-corrected chi connectivity index (χ4v) is 5.47. The Morgan fingerprint density at radius 2 is 1.88 bits per heavy atom. The number of nitrogens with one attached hydrogen (secondary N) is 1. The van der Waals surface area contributed by atoms with Crippen molar-refractivity contribution in [2.24, 2.45) is 0 Å². The van der Waals surface area contributed by atoms with Crippen molar-refractivity contribution in [2.45, 2.75) is 19.8 Å². The molecule has 1 amide bonds. The summed E-state index contributed by atoms with van der Waals surface area (Å²) in [4.78, 5) is 31.4. The Balaban J connectivity index is 1.71. The number of thiophene rings is 2. The van der Waals surface area contributed by atoms with Gasteiger partial charge in [-0.2, -0.15) is 0 Å². The number of amides is 1. The van der Waals surface area contributed by atoms with Gasteiger partial charge in [0, 0.05) is 26.5 Å². The minimum Gasteiger partial charge on any atom is -0.465 e. The van der Waals surface area contributed by atoms with Crippen LogP contribution in [-0.2, 0) is 4.74 Å². The van der Waals surface area contributed by atoms with Crippen molar-refractivity contribution in [3.63, 3.8) is 0 Å². The van der Waals surface area contributed by atoms with E-state index in [0.29, 0.717) is 31.5 Å². The second kappa shape index (κ2) is 9.01. The number of anilines is 2. The molecule has 1 aromatic carbocycles. The number of halogens is 1. The molecule has 3 heterocycles. The Kier molecular flexibility index (Phi) is 6.32. The number of nitrogen functional groups attached to an aromatic ring is 1. The summed E-state index contributed by atoms with van der Waals surface area (Å²) in [6.45, 7) is 4.12. The maximum Gasteiger partial charge on any atom is 0.341 e.